The van der Waals surface area contributed by atoms with Gasteiger partial charge in [-0.15, -0.1) is 0 Å². The molecule has 2 heterocycles. The number of ether oxygens (including phenoxy) is 1. The van der Waals surface area contributed by atoms with E-state index in [2.05, 4.69) is 15.6 Å². The zero-order chi connectivity index (χ0) is 20.8. The fourth-order valence-electron chi connectivity index (χ4n) is 3.15. The molecule has 29 heavy (non-hydrogen) atoms. The molecule has 2 N–H and O–H groups in total. The van der Waals surface area contributed by atoms with Crippen molar-refractivity contribution < 1.29 is 18.7 Å². The summed E-state index contributed by atoms with van der Waals surface area (Å²) >= 11 is 0. The van der Waals surface area contributed by atoms with Crippen molar-refractivity contribution in [3.05, 3.63) is 47.2 Å². The molecule has 0 fully saturated rings. The third-order valence-electron chi connectivity index (χ3n) is 5.13. The van der Waals surface area contributed by atoms with Gasteiger partial charge in [0.1, 0.15) is 17.2 Å². The minimum absolute atomic E-state index is 0.0777. The van der Waals surface area contributed by atoms with E-state index in [0.717, 1.165) is 18.4 Å². The number of carbonyl (C=O) groups excluding carboxylic acids is 2. The molecule has 0 spiro atoms. The van der Waals surface area contributed by atoms with Crippen LogP contribution in [0.2, 0.25) is 0 Å². The lowest BCUT2D eigenvalue weighted by Crippen LogP contribution is -2.41. The molecular formula is C21H28N4O4. The minimum atomic E-state index is -0.233. The summed E-state index contributed by atoms with van der Waals surface area (Å²) in [7, 11) is 3.70. The van der Waals surface area contributed by atoms with Crippen LogP contribution in [0.5, 0.6) is 5.75 Å². The lowest BCUT2D eigenvalue weighted by molar-refractivity contribution is -0.125. The van der Waals surface area contributed by atoms with E-state index in [9.17, 15) is 9.59 Å². The smallest absolute Gasteiger partial charge is 0.255 e. The van der Waals surface area contributed by atoms with Gasteiger partial charge in [0.2, 0.25) is 5.91 Å². The van der Waals surface area contributed by atoms with Crippen LogP contribution in [-0.2, 0) is 24.2 Å². The number of rotatable bonds is 8. The van der Waals surface area contributed by atoms with Gasteiger partial charge < -0.3 is 19.8 Å². The summed E-state index contributed by atoms with van der Waals surface area (Å²) in [6.07, 6.45) is 3.73. The second-order valence-corrected chi connectivity index (χ2v) is 7.33. The van der Waals surface area contributed by atoms with Crippen LogP contribution in [0.1, 0.15) is 40.7 Å². The average Bonchev–Trinajstić information content (AvgIpc) is 3.18. The Balaban J connectivity index is 1.52. The number of nitrogens with zero attached hydrogens (tertiary/aromatic N) is 2. The molecule has 2 aromatic rings. The Kier molecular flexibility index (Phi) is 6.87. The van der Waals surface area contributed by atoms with Gasteiger partial charge >= 0.3 is 0 Å². The van der Waals surface area contributed by atoms with Gasteiger partial charge in [-0.2, -0.15) is 0 Å². The number of fused-ring (bicyclic) bond motifs is 1. The topological polar surface area (TPSA) is 96.7 Å². The van der Waals surface area contributed by atoms with Crippen molar-refractivity contribution in [3.63, 3.8) is 0 Å². The second-order valence-electron chi connectivity index (χ2n) is 7.33. The van der Waals surface area contributed by atoms with E-state index in [4.69, 9.17) is 9.15 Å². The third kappa shape index (κ3) is 5.14. The molecule has 8 nitrogen and oxygen atoms in total. The SMILES string of the molecule is C[C@@H](C(=O)NCc1ncoc1CCNC(=O)c1cccc2c1OCCC2)N(C)C. The van der Waals surface area contributed by atoms with Crippen molar-refractivity contribution >= 4 is 11.8 Å². The molecule has 1 aliphatic rings. The summed E-state index contributed by atoms with van der Waals surface area (Å²) in [6, 6.07) is 5.43. The number of oxazole rings is 1. The minimum Gasteiger partial charge on any atom is -0.492 e. The highest BCUT2D eigenvalue weighted by Crippen LogP contribution is 2.28. The number of nitrogens with one attached hydrogen (secondary N) is 2. The third-order valence-corrected chi connectivity index (χ3v) is 5.13. The molecule has 156 valence electrons. The summed E-state index contributed by atoms with van der Waals surface area (Å²) in [5.74, 6) is 1.09. The number of benzene rings is 1. The number of aromatic nitrogens is 1. The van der Waals surface area contributed by atoms with Gasteiger partial charge in [0, 0.05) is 13.0 Å². The van der Waals surface area contributed by atoms with Crippen LogP contribution in [0.25, 0.3) is 0 Å². The van der Waals surface area contributed by atoms with Gasteiger partial charge in [-0.3, -0.25) is 14.5 Å². The Hall–Kier alpha value is -2.87. The molecule has 0 aliphatic carbocycles. The van der Waals surface area contributed by atoms with E-state index < -0.39 is 0 Å². The molecule has 0 bridgehead atoms. The summed E-state index contributed by atoms with van der Waals surface area (Å²) in [4.78, 5) is 30.7. The van der Waals surface area contributed by atoms with E-state index in [1.807, 2.05) is 38.1 Å². The maximum atomic E-state index is 12.6. The van der Waals surface area contributed by atoms with Crippen LogP contribution >= 0.6 is 0 Å². The van der Waals surface area contributed by atoms with Gasteiger partial charge in [-0.1, -0.05) is 12.1 Å². The highest BCUT2D eigenvalue weighted by Gasteiger charge is 2.20. The molecule has 0 unspecified atom stereocenters. The molecular weight excluding hydrogens is 372 g/mol. The van der Waals surface area contributed by atoms with Gasteiger partial charge in [-0.25, -0.2) is 4.98 Å². The molecule has 1 atom stereocenters. The highest BCUT2D eigenvalue weighted by molar-refractivity contribution is 5.97. The first-order chi connectivity index (χ1) is 14.0. The zero-order valence-electron chi connectivity index (χ0n) is 17.2. The summed E-state index contributed by atoms with van der Waals surface area (Å²) in [6.45, 7) is 3.15. The van der Waals surface area contributed by atoms with Crippen LogP contribution in [0.4, 0.5) is 0 Å². The highest BCUT2D eigenvalue weighted by atomic mass is 16.5. The molecule has 0 saturated carbocycles. The first kappa shape index (κ1) is 20.9. The van der Waals surface area contributed by atoms with Crippen LogP contribution in [-0.4, -0.2) is 55.0 Å². The normalized spacial score (nSPS) is 14.1. The van der Waals surface area contributed by atoms with Gasteiger partial charge in [0.05, 0.1) is 24.8 Å². The van der Waals surface area contributed by atoms with E-state index in [-0.39, 0.29) is 24.4 Å². The predicted molar refractivity (Wildman–Crippen MR) is 108 cm³/mol. The summed E-state index contributed by atoms with van der Waals surface area (Å²) in [5, 5.41) is 5.77. The Morgan fingerprint density at radius 2 is 2.10 bits per heavy atom. The molecule has 8 heteroatoms. The number of aryl methyl sites for hydroxylation is 1. The van der Waals surface area contributed by atoms with E-state index >= 15 is 0 Å². The molecule has 3 rings (SSSR count). The molecule has 1 aromatic heterocycles. The fourth-order valence-corrected chi connectivity index (χ4v) is 3.15. The van der Waals surface area contributed by atoms with E-state index in [1.165, 1.54) is 6.39 Å². The maximum absolute atomic E-state index is 12.6. The Morgan fingerprint density at radius 3 is 2.90 bits per heavy atom. The maximum Gasteiger partial charge on any atom is 0.255 e. The van der Waals surface area contributed by atoms with Crippen molar-refractivity contribution in [2.45, 2.75) is 38.8 Å². The van der Waals surface area contributed by atoms with Crippen molar-refractivity contribution in [2.75, 3.05) is 27.2 Å². The van der Waals surface area contributed by atoms with Crippen LogP contribution in [0.3, 0.4) is 0 Å². The molecule has 1 aromatic carbocycles. The summed E-state index contributed by atoms with van der Waals surface area (Å²) < 4.78 is 11.1. The number of carbonyl (C=O) groups is 2. The van der Waals surface area contributed by atoms with Crippen LogP contribution in [0, 0.1) is 0 Å². The number of para-hydroxylation sites is 1. The van der Waals surface area contributed by atoms with Crippen molar-refractivity contribution in [2.24, 2.45) is 0 Å². The van der Waals surface area contributed by atoms with Crippen LogP contribution < -0.4 is 15.4 Å². The number of likely N-dealkylation sites (N-methyl/N-ethyl adjacent to an activating group) is 1. The first-order valence-corrected chi connectivity index (χ1v) is 9.85. The van der Waals surface area contributed by atoms with Gasteiger partial charge in [0.25, 0.3) is 5.91 Å². The largest absolute Gasteiger partial charge is 0.492 e. The Bertz CT molecular complexity index is 862. The second kappa shape index (κ2) is 9.56. The van der Waals surface area contributed by atoms with Gasteiger partial charge in [0.15, 0.2) is 6.39 Å². The Labute approximate surface area is 170 Å². The molecule has 1 aliphatic heterocycles. The quantitative estimate of drug-likeness (QED) is 0.698. The monoisotopic (exact) mass is 400 g/mol. The van der Waals surface area contributed by atoms with E-state index in [1.54, 1.807) is 6.07 Å². The van der Waals surface area contributed by atoms with Crippen molar-refractivity contribution in [3.8, 4) is 5.75 Å². The lowest BCUT2D eigenvalue weighted by Gasteiger charge is -2.19. The van der Waals surface area contributed by atoms with Crippen molar-refractivity contribution in [1.29, 1.82) is 0 Å². The fraction of sp³-hybridized carbons (Fsp3) is 0.476. The number of hydrogen-bond donors (Lipinski definition) is 2. The predicted octanol–water partition coefficient (Wildman–Crippen LogP) is 1.54. The summed E-state index contributed by atoms with van der Waals surface area (Å²) in [5.41, 5.74) is 2.30. The van der Waals surface area contributed by atoms with Crippen molar-refractivity contribution in [1.82, 2.24) is 20.5 Å². The van der Waals surface area contributed by atoms with Crippen LogP contribution in [0.15, 0.2) is 29.0 Å². The molecule has 0 saturated heterocycles. The standard InChI is InChI=1S/C21H28N4O4/c1-14(25(2)3)20(26)23-12-17-18(29-13-24-17)9-10-22-21(27)16-8-4-6-15-7-5-11-28-19(15)16/h4,6,8,13-14H,5,7,9-12H2,1-3H3,(H,22,27)(H,23,26)/t14-/m0/s1. The molecule has 2 amide bonds. The number of amides is 2. The lowest BCUT2D eigenvalue weighted by atomic mass is 10.0. The molecule has 0 radical (unpaired) electrons. The first-order valence-electron chi connectivity index (χ1n) is 9.85. The zero-order valence-corrected chi connectivity index (χ0v) is 17.2. The average molecular weight is 400 g/mol. The number of hydrogen-bond acceptors (Lipinski definition) is 6. The van der Waals surface area contributed by atoms with Gasteiger partial charge in [-0.05, 0) is 45.5 Å². The van der Waals surface area contributed by atoms with E-state index in [0.29, 0.717) is 42.3 Å². The Morgan fingerprint density at radius 1 is 1.28 bits per heavy atom.